The molecule has 100 valence electrons. The molecule has 0 aliphatic rings. The number of aliphatic carboxylic acids is 1. The summed E-state index contributed by atoms with van der Waals surface area (Å²) in [6.07, 6.45) is 0. The van der Waals surface area contributed by atoms with E-state index in [-0.39, 0.29) is 0 Å². The van der Waals surface area contributed by atoms with Gasteiger partial charge in [0, 0.05) is 5.54 Å². The van der Waals surface area contributed by atoms with Gasteiger partial charge in [0.25, 0.3) is 10.2 Å². The molecule has 0 aromatic rings. The predicted molar refractivity (Wildman–Crippen MR) is 60.5 cm³/mol. The Morgan fingerprint density at radius 2 is 1.71 bits per heavy atom. The number of carboxylic acid groups (broad SMARTS) is 1. The van der Waals surface area contributed by atoms with Crippen molar-refractivity contribution in [3.05, 3.63) is 0 Å². The van der Waals surface area contributed by atoms with Crippen molar-refractivity contribution in [2.45, 2.75) is 26.3 Å². The fourth-order valence-corrected chi connectivity index (χ4v) is 2.04. The molecule has 0 aromatic carbocycles. The number of nitrogens with one attached hydrogen (secondary N) is 3. The van der Waals surface area contributed by atoms with E-state index in [1.165, 1.54) is 0 Å². The lowest BCUT2D eigenvalue weighted by atomic mass is 10.1. The molecule has 0 spiro atoms. The molecule has 1 amide bonds. The van der Waals surface area contributed by atoms with E-state index in [1.54, 1.807) is 20.8 Å². The minimum atomic E-state index is -3.78. The Morgan fingerprint density at radius 1 is 1.18 bits per heavy atom. The van der Waals surface area contributed by atoms with Crippen molar-refractivity contribution in [1.29, 1.82) is 0 Å². The molecule has 0 radical (unpaired) electrons. The quantitative estimate of drug-likeness (QED) is 0.462. The lowest BCUT2D eigenvalue weighted by Gasteiger charge is -2.20. The van der Waals surface area contributed by atoms with E-state index in [0.717, 1.165) is 0 Å². The van der Waals surface area contributed by atoms with Gasteiger partial charge in [0.2, 0.25) is 5.91 Å². The van der Waals surface area contributed by atoms with Crippen LogP contribution in [0, 0.1) is 0 Å². The number of hydrogen-bond donors (Lipinski definition) is 4. The van der Waals surface area contributed by atoms with Gasteiger partial charge in [-0.15, -0.1) is 0 Å². The predicted octanol–water partition coefficient (Wildman–Crippen LogP) is -1.59. The van der Waals surface area contributed by atoms with Gasteiger partial charge in [0.15, 0.2) is 0 Å². The molecule has 0 saturated carbocycles. The second kappa shape index (κ2) is 5.94. The first kappa shape index (κ1) is 15.8. The molecule has 8 nitrogen and oxygen atoms in total. The van der Waals surface area contributed by atoms with Crippen molar-refractivity contribution in [2.24, 2.45) is 0 Å². The van der Waals surface area contributed by atoms with Crippen molar-refractivity contribution >= 4 is 22.1 Å². The summed E-state index contributed by atoms with van der Waals surface area (Å²) in [5.41, 5.74) is -0.663. The molecule has 0 heterocycles. The maximum atomic E-state index is 11.4. The summed E-state index contributed by atoms with van der Waals surface area (Å²) in [5, 5.41) is 10.3. The summed E-state index contributed by atoms with van der Waals surface area (Å²) in [7, 11) is -3.78. The third-order valence-corrected chi connectivity index (χ3v) is 2.71. The van der Waals surface area contributed by atoms with E-state index >= 15 is 0 Å². The fraction of sp³-hybridized carbons (Fsp3) is 0.750. The first-order valence-corrected chi connectivity index (χ1v) is 6.27. The molecule has 0 saturated heterocycles. The van der Waals surface area contributed by atoms with Crippen LogP contribution in [0.4, 0.5) is 0 Å². The lowest BCUT2D eigenvalue weighted by molar-refractivity contribution is -0.137. The van der Waals surface area contributed by atoms with Crippen LogP contribution in [0.2, 0.25) is 0 Å². The average Bonchev–Trinajstić information content (AvgIpc) is 2.07. The third-order valence-electron chi connectivity index (χ3n) is 1.30. The molecule has 0 rings (SSSR count). The Bertz CT molecular complexity index is 384. The van der Waals surface area contributed by atoms with Crippen LogP contribution < -0.4 is 14.8 Å². The van der Waals surface area contributed by atoms with Crippen LogP contribution >= 0.6 is 0 Å². The van der Waals surface area contributed by atoms with Crippen molar-refractivity contribution in [2.75, 3.05) is 13.1 Å². The Morgan fingerprint density at radius 3 is 2.12 bits per heavy atom. The largest absolute Gasteiger partial charge is 0.480 e. The van der Waals surface area contributed by atoms with Crippen molar-refractivity contribution in [1.82, 2.24) is 14.8 Å². The molecular weight excluding hydrogens is 250 g/mol. The summed E-state index contributed by atoms with van der Waals surface area (Å²) in [5.74, 6) is -1.92. The zero-order chi connectivity index (χ0) is 13.7. The summed E-state index contributed by atoms with van der Waals surface area (Å²) < 4.78 is 27.0. The van der Waals surface area contributed by atoms with Gasteiger partial charge in [0.1, 0.15) is 6.54 Å². The highest BCUT2D eigenvalue weighted by Crippen LogP contribution is 1.99. The number of rotatable bonds is 6. The van der Waals surface area contributed by atoms with Gasteiger partial charge >= 0.3 is 5.97 Å². The summed E-state index contributed by atoms with van der Waals surface area (Å²) >= 11 is 0. The lowest BCUT2D eigenvalue weighted by Crippen LogP contribution is -2.49. The molecule has 9 heteroatoms. The summed E-state index contributed by atoms with van der Waals surface area (Å²) in [6.45, 7) is 3.89. The highest BCUT2D eigenvalue weighted by molar-refractivity contribution is 7.87. The highest BCUT2D eigenvalue weighted by atomic mass is 32.2. The zero-order valence-electron chi connectivity index (χ0n) is 9.90. The Balaban J connectivity index is 4.11. The molecular formula is C8H17N3O5S. The van der Waals surface area contributed by atoms with Gasteiger partial charge in [-0.05, 0) is 20.8 Å². The molecule has 0 aliphatic carbocycles. The van der Waals surface area contributed by atoms with Crippen LogP contribution in [0.1, 0.15) is 20.8 Å². The molecule has 0 aliphatic heterocycles. The monoisotopic (exact) mass is 267 g/mol. The van der Waals surface area contributed by atoms with Crippen LogP contribution in [0.15, 0.2) is 0 Å². The van der Waals surface area contributed by atoms with Crippen LogP contribution in [-0.4, -0.2) is 44.0 Å². The molecule has 0 fully saturated rings. The number of hydrogen-bond acceptors (Lipinski definition) is 4. The van der Waals surface area contributed by atoms with Gasteiger partial charge in [-0.25, -0.2) is 0 Å². The smallest absolute Gasteiger partial charge is 0.322 e. The Hall–Kier alpha value is -1.19. The van der Waals surface area contributed by atoms with Crippen LogP contribution in [0.5, 0.6) is 0 Å². The molecule has 17 heavy (non-hydrogen) atoms. The molecule has 0 atom stereocenters. The molecule has 0 aromatic heterocycles. The topological polar surface area (TPSA) is 125 Å². The Labute approximate surface area is 100.0 Å². The number of carbonyl (C=O) groups is 2. The van der Waals surface area contributed by atoms with Crippen molar-refractivity contribution in [3.63, 3.8) is 0 Å². The van der Waals surface area contributed by atoms with Gasteiger partial charge in [-0.2, -0.15) is 17.9 Å². The standard InChI is InChI=1S/C8H17N3O5S/c1-8(2,3)11-17(15,16)10-4-6(12)9-5-7(13)14/h10-11H,4-5H2,1-3H3,(H,9,12)(H,13,14). The minimum Gasteiger partial charge on any atom is -0.480 e. The van der Waals surface area contributed by atoms with E-state index in [2.05, 4.69) is 4.72 Å². The molecule has 0 unspecified atom stereocenters. The van der Waals surface area contributed by atoms with Gasteiger partial charge in [-0.1, -0.05) is 0 Å². The van der Waals surface area contributed by atoms with Crippen molar-refractivity contribution < 1.29 is 23.1 Å². The second-order valence-corrected chi connectivity index (χ2v) is 5.85. The van der Waals surface area contributed by atoms with Gasteiger partial charge in [-0.3, -0.25) is 9.59 Å². The normalized spacial score (nSPS) is 12.2. The summed E-state index contributed by atoms with van der Waals surface area (Å²) in [6, 6.07) is 0. The zero-order valence-corrected chi connectivity index (χ0v) is 10.7. The van der Waals surface area contributed by atoms with Crippen LogP contribution in [0.25, 0.3) is 0 Å². The van der Waals surface area contributed by atoms with E-state index in [1.807, 2.05) is 10.0 Å². The van der Waals surface area contributed by atoms with Crippen LogP contribution in [-0.2, 0) is 19.8 Å². The maximum Gasteiger partial charge on any atom is 0.322 e. The maximum absolute atomic E-state index is 11.4. The minimum absolute atomic E-state index is 0.515. The fourth-order valence-electron chi connectivity index (χ4n) is 0.836. The first-order chi connectivity index (χ1) is 7.52. The van der Waals surface area contributed by atoms with E-state index < -0.39 is 40.7 Å². The van der Waals surface area contributed by atoms with E-state index in [4.69, 9.17) is 5.11 Å². The van der Waals surface area contributed by atoms with Crippen molar-refractivity contribution in [3.8, 4) is 0 Å². The molecule has 4 N–H and O–H groups in total. The first-order valence-electron chi connectivity index (χ1n) is 4.79. The highest BCUT2D eigenvalue weighted by Gasteiger charge is 2.20. The van der Waals surface area contributed by atoms with E-state index in [9.17, 15) is 18.0 Å². The number of carboxylic acids is 1. The molecule has 0 bridgehead atoms. The Kier molecular flexibility index (Phi) is 5.52. The average molecular weight is 267 g/mol. The summed E-state index contributed by atoms with van der Waals surface area (Å²) in [4.78, 5) is 21.2. The number of amides is 1. The second-order valence-electron chi connectivity index (χ2n) is 4.35. The van der Waals surface area contributed by atoms with E-state index in [0.29, 0.717) is 0 Å². The van der Waals surface area contributed by atoms with Gasteiger partial charge < -0.3 is 10.4 Å². The van der Waals surface area contributed by atoms with Gasteiger partial charge in [0.05, 0.1) is 6.54 Å². The number of carbonyl (C=O) groups excluding carboxylic acids is 1. The van der Waals surface area contributed by atoms with Crippen LogP contribution in [0.3, 0.4) is 0 Å². The SMILES string of the molecule is CC(C)(C)NS(=O)(=O)NCC(=O)NCC(=O)O. The third kappa shape index (κ3) is 9.72.